The van der Waals surface area contributed by atoms with Crippen LogP contribution in [0.1, 0.15) is 6.42 Å². The van der Waals surface area contributed by atoms with Gasteiger partial charge in [-0.05, 0) is 25.1 Å². The van der Waals surface area contributed by atoms with Gasteiger partial charge in [0.1, 0.15) is 0 Å². The molecule has 0 saturated heterocycles. The molecule has 4 N–H and O–H groups in total. The molecule has 0 saturated carbocycles. The average molecular weight is 196 g/mol. The van der Waals surface area contributed by atoms with Crippen LogP contribution in [0.3, 0.4) is 0 Å². The van der Waals surface area contributed by atoms with Gasteiger partial charge >= 0.3 is 0 Å². The van der Waals surface area contributed by atoms with Crippen molar-refractivity contribution in [1.82, 2.24) is 0 Å². The zero-order chi connectivity index (χ0) is 9.52. The Morgan fingerprint density at radius 2 is 1.92 bits per heavy atom. The van der Waals surface area contributed by atoms with Gasteiger partial charge in [0.25, 0.3) is 0 Å². The Hall–Kier alpha value is -0.510. The highest BCUT2D eigenvalue weighted by Crippen LogP contribution is 2.17. The summed E-state index contributed by atoms with van der Waals surface area (Å²) in [6, 6.07) is 10.5. The first-order chi connectivity index (χ1) is 6.33. The summed E-state index contributed by atoms with van der Waals surface area (Å²) >= 11 is 1.79. The molecular weight excluding hydrogens is 180 g/mol. The van der Waals surface area contributed by atoms with Gasteiger partial charge in [0.2, 0.25) is 0 Å². The maximum Gasteiger partial charge on any atom is 0.0145 e. The number of rotatable bonds is 5. The Bertz CT molecular complexity index is 226. The Balaban J connectivity index is 2.27. The van der Waals surface area contributed by atoms with Gasteiger partial charge in [-0.1, -0.05) is 18.2 Å². The third-order valence-corrected chi connectivity index (χ3v) is 2.95. The average Bonchev–Trinajstić information content (AvgIpc) is 2.17. The highest BCUT2D eigenvalue weighted by atomic mass is 32.2. The number of benzene rings is 1. The third-order valence-electron chi connectivity index (χ3n) is 1.74. The Morgan fingerprint density at radius 3 is 2.54 bits per heavy atom. The molecule has 2 nitrogen and oxygen atoms in total. The first kappa shape index (κ1) is 10.6. The lowest BCUT2D eigenvalue weighted by Crippen LogP contribution is -2.25. The normalized spacial score (nSPS) is 12.8. The van der Waals surface area contributed by atoms with Crippen molar-refractivity contribution >= 4 is 11.8 Å². The van der Waals surface area contributed by atoms with Gasteiger partial charge in [0, 0.05) is 16.7 Å². The van der Waals surface area contributed by atoms with Crippen LogP contribution in [-0.4, -0.2) is 18.3 Å². The summed E-state index contributed by atoms with van der Waals surface area (Å²) in [5, 5.41) is 0. The molecule has 1 atom stereocenters. The second-order valence-corrected chi connectivity index (χ2v) is 4.05. The van der Waals surface area contributed by atoms with E-state index in [-0.39, 0.29) is 6.04 Å². The van der Waals surface area contributed by atoms with E-state index in [0.29, 0.717) is 6.54 Å². The van der Waals surface area contributed by atoms with Crippen LogP contribution in [-0.2, 0) is 0 Å². The SMILES string of the molecule is NCCC(N)CSc1ccccc1. The number of hydrogen-bond donors (Lipinski definition) is 2. The minimum Gasteiger partial charge on any atom is -0.330 e. The predicted octanol–water partition coefficient (Wildman–Crippen LogP) is 1.45. The van der Waals surface area contributed by atoms with Crippen molar-refractivity contribution in [3.63, 3.8) is 0 Å². The first-order valence-electron chi connectivity index (χ1n) is 4.46. The van der Waals surface area contributed by atoms with Gasteiger partial charge in [0.05, 0.1) is 0 Å². The Morgan fingerprint density at radius 1 is 1.23 bits per heavy atom. The van der Waals surface area contributed by atoms with E-state index in [2.05, 4.69) is 12.1 Å². The fourth-order valence-corrected chi connectivity index (χ4v) is 1.94. The lowest BCUT2D eigenvalue weighted by Gasteiger charge is -2.08. The van der Waals surface area contributed by atoms with E-state index >= 15 is 0 Å². The molecule has 72 valence electrons. The van der Waals surface area contributed by atoms with Gasteiger partial charge < -0.3 is 11.5 Å². The predicted molar refractivity (Wildman–Crippen MR) is 58.8 cm³/mol. The van der Waals surface area contributed by atoms with E-state index in [4.69, 9.17) is 11.5 Å². The number of thioether (sulfide) groups is 1. The molecule has 0 radical (unpaired) electrons. The highest BCUT2D eigenvalue weighted by molar-refractivity contribution is 7.99. The molecule has 0 fully saturated rings. The van der Waals surface area contributed by atoms with Gasteiger partial charge in [-0.2, -0.15) is 0 Å². The molecule has 0 aliphatic heterocycles. The fourth-order valence-electron chi connectivity index (χ4n) is 1.02. The zero-order valence-corrected chi connectivity index (χ0v) is 8.46. The van der Waals surface area contributed by atoms with Crippen LogP contribution in [0.5, 0.6) is 0 Å². The molecular formula is C10H16N2S. The molecule has 0 aromatic heterocycles. The van der Waals surface area contributed by atoms with Gasteiger partial charge in [0.15, 0.2) is 0 Å². The third kappa shape index (κ3) is 4.31. The van der Waals surface area contributed by atoms with E-state index in [9.17, 15) is 0 Å². The standard InChI is InChI=1S/C10H16N2S/c11-7-6-9(12)8-13-10-4-2-1-3-5-10/h1-5,9H,6-8,11-12H2. The van der Waals surface area contributed by atoms with Crippen molar-refractivity contribution in [3.8, 4) is 0 Å². The van der Waals surface area contributed by atoms with Crippen LogP contribution < -0.4 is 11.5 Å². The molecule has 0 aliphatic rings. The molecule has 1 unspecified atom stereocenters. The Kier molecular flexibility index (Phi) is 4.90. The molecule has 0 amide bonds. The van der Waals surface area contributed by atoms with Crippen molar-refractivity contribution < 1.29 is 0 Å². The smallest absolute Gasteiger partial charge is 0.0145 e. The molecule has 13 heavy (non-hydrogen) atoms. The van der Waals surface area contributed by atoms with Crippen molar-refractivity contribution in [2.75, 3.05) is 12.3 Å². The summed E-state index contributed by atoms with van der Waals surface area (Å²) in [7, 11) is 0. The van der Waals surface area contributed by atoms with E-state index < -0.39 is 0 Å². The quantitative estimate of drug-likeness (QED) is 0.701. The summed E-state index contributed by atoms with van der Waals surface area (Å²) in [5.74, 6) is 0.946. The minimum absolute atomic E-state index is 0.218. The van der Waals surface area contributed by atoms with Crippen molar-refractivity contribution in [1.29, 1.82) is 0 Å². The summed E-state index contributed by atoms with van der Waals surface area (Å²) < 4.78 is 0. The van der Waals surface area contributed by atoms with E-state index in [1.54, 1.807) is 11.8 Å². The van der Waals surface area contributed by atoms with Gasteiger partial charge in [-0.25, -0.2) is 0 Å². The molecule has 0 bridgehead atoms. The maximum absolute atomic E-state index is 5.83. The van der Waals surface area contributed by atoms with Crippen LogP contribution in [0.25, 0.3) is 0 Å². The second-order valence-electron chi connectivity index (χ2n) is 2.96. The highest BCUT2D eigenvalue weighted by Gasteiger charge is 2.01. The summed E-state index contributed by atoms with van der Waals surface area (Å²) in [4.78, 5) is 1.27. The second kappa shape index (κ2) is 6.02. The van der Waals surface area contributed by atoms with Crippen LogP contribution in [0.2, 0.25) is 0 Å². The number of nitrogens with two attached hydrogens (primary N) is 2. The van der Waals surface area contributed by atoms with Crippen LogP contribution in [0.15, 0.2) is 35.2 Å². The number of hydrogen-bond acceptors (Lipinski definition) is 3. The lowest BCUT2D eigenvalue weighted by atomic mass is 10.2. The zero-order valence-electron chi connectivity index (χ0n) is 7.65. The van der Waals surface area contributed by atoms with Gasteiger partial charge in [-0.15, -0.1) is 11.8 Å². The van der Waals surface area contributed by atoms with Crippen molar-refractivity contribution in [3.05, 3.63) is 30.3 Å². The van der Waals surface area contributed by atoms with Crippen LogP contribution >= 0.6 is 11.8 Å². The summed E-state index contributed by atoms with van der Waals surface area (Å²) in [5.41, 5.74) is 11.2. The van der Waals surface area contributed by atoms with E-state index in [1.165, 1.54) is 4.90 Å². The van der Waals surface area contributed by atoms with Gasteiger partial charge in [-0.3, -0.25) is 0 Å². The summed E-state index contributed by atoms with van der Waals surface area (Å²) in [6.45, 7) is 0.677. The fraction of sp³-hybridized carbons (Fsp3) is 0.400. The molecule has 1 aromatic carbocycles. The van der Waals surface area contributed by atoms with Crippen molar-refractivity contribution in [2.45, 2.75) is 17.4 Å². The first-order valence-corrected chi connectivity index (χ1v) is 5.45. The topological polar surface area (TPSA) is 52.0 Å². The monoisotopic (exact) mass is 196 g/mol. The summed E-state index contributed by atoms with van der Waals surface area (Å²) in [6.07, 6.45) is 0.903. The van der Waals surface area contributed by atoms with Crippen LogP contribution in [0, 0.1) is 0 Å². The van der Waals surface area contributed by atoms with Crippen LogP contribution in [0.4, 0.5) is 0 Å². The molecule has 1 aromatic rings. The Labute approximate surface area is 83.7 Å². The molecule has 3 heteroatoms. The maximum atomic E-state index is 5.83. The molecule has 0 heterocycles. The van der Waals surface area contributed by atoms with E-state index in [0.717, 1.165) is 12.2 Å². The minimum atomic E-state index is 0.218. The molecule has 1 rings (SSSR count). The van der Waals surface area contributed by atoms with E-state index in [1.807, 2.05) is 18.2 Å². The lowest BCUT2D eigenvalue weighted by molar-refractivity contribution is 0.684. The van der Waals surface area contributed by atoms with Crippen molar-refractivity contribution in [2.24, 2.45) is 11.5 Å². The molecule has 0 spiro atoms. The molecule has 0 aliphatic carbocycles. The largest absolute Gasteiger partial charge is 0.330 e.